The summed E-state index contributed by atoms with van der Waals surface area (Å²) in [6.45, 7) is 2.63. The number of nitriles is 1. The van der Waals surface area contributed by atoms with Gasteiger partial charge in [0.1, 0.15) is 0 Å². The number of amides is 1. The average Bonchev–Trinajstić information content (AvgIpc) is 2.41. The molecular formula is C14H17N3O. The van der Waals surface area contributed by atoms with E-state index in [0.717, 1.165) is 18.7 Å². The molecule has 1 fully saturated rings. The largest absolute Gasteiger partial charge is 0.343 e. The molecule has 4 heteroatoms. The molecule has 1 heterocycles. The Morgan fingerprint density at radius 1 is 1.33 bits per heavy atom. The van der Waals surface area contributed by atoms with Crippen LogP contribution in [0.5, 0.6) is 0 Å². The highest BCUT2D eigenvalue weighted by atomic mass is 16.2. The number of piperazine rings is 1. The third-order valence-corrected chi connectivity index (χ3v) is 3.33. The third kappa shape index (κ3) is 2.88. The van der Waals surface area contributed by atoms with Crippen molar-refractivity contribution in [3.8, 4) is 6.07 Å². The van der Waals surface area contributed by atoms with E-state index in [9.17, 15) is 10.1 Å². The molecule has 1 aliphatic heterocycles. The van der Waals surface area contributed by atoms with Crippen LogP contribution in [-0.4, -0.2) is 48.9 Å². The fourth-order valence-electron chi connectivity index (χ4n) is 2.13. The van der Waals surface area contributed by atoms with Crippen LogP contribution in [0.2, 0.25) is 0 Å². The summed E-state index contributed by atoms with van der Waals surface area (Å²) in [5.74, 6) is -0.0339. The number of carbonyl (C=O) groups is 1. The van der Waals surface area contributed by atoms with Crippen LogP contribution in [0.1, 0.15) is 11.5 Å². The second kappa shape index (κ2) is 5.65. The average molecular weight is 243 g/mol. The van der Waals surface area contributed by atoms with E-state index in [1.165, 1.54) is 0 Å². The second-order valence-corrected chi connectivity index (χ2v) is 4.64. The van der Waals surface area contributed by atoms with Gasteiger partial charge in [-0.2, -0.15) is 5.26 Å². The Labute approximate surface area is 107 Å². The van der Waals surface area contributed by atoms with Gasteiger partial charge in [0, 0.05) is 26.7 Å². The van der Waals surface area contributed by atoms with Gasteiger partial charge in [-0.25, -0.2) is 0 Å². The first-order chi connectivity index (χ1) is 8.70. The van der Waals surface area contributed by atoms with Crippen LogP contribution in [-0.2, 0) is 4.79 Å². The van der Waals surface area contributed by atoms with Gasteiger partial charge in [-0.15, -0.1) is 0 Å². The molecule has 1 amide bonds. The smallest absolute Gasteiger partial charge is 0.236 e. The van der Waals surface area contributed by atoms with E-state index in [0.29, 0.717) is 13.1 Å². The summed E-state index contributed by atoms with van der Waals surface area (Å²) in [6.07, 6.45) is 0. The Morgan fingerprint density at radius 2 is 2.06 bits per heavy atom. The van der Waals surface area contributed by atoms with E-state index in [4.69, 9.17) is 0 Å². The van der Waals surface area contributed by atoms with Gasteiger partial charge in [0.2, 0.25) is 5.91 Å². The van der Waals surface area contributed by atoms with Gasteiger partial charge in [-0.1, -0.05) is 30.3 Å². The number of hydrogen-bond acceptors (Lipinski definition) is 3. The molecule has 18 heavy (non-hydrogen) atoms. The Morgan fingerprint density at radius 3 is 2.67 bits per heavy atom. The molecule has 0 radical (unpaired) electrons. The first-order valence-electron chi connectivity index (χ1n) is 6.11. The molecule has 1 aromatic rings. The highest BCUT2D eigenvalue weighted by Gasteiger charge is 2.23. The molecule has 4 nitrogen and oxygen atoms in total. The molecule has 1 unspecified atom stereocenters. The van der Waals surface area contributed by atoms with Crippen LogP contribution in [0.15, 0.2) is 30.3 Å². The van der Waals surface area contributed by atoms with Crippen molar-refractivity contribution < 1.29 is 4.79 Å². The summed E-state index contributed by atoms with van der Waals surface area (Å²) in [5, 5.41) is 9.26. The highest BCUT2D eigenvalue weighted by molar-refractivity contribution is 5.78. The Bertz CT molecular complexity index is 452. The number of rotatable bonds is 3. The Balaban J connectivity index is 2.00. The van der Waals surface area contributed by atoms with E-state index >= 15 is 0 Å². The summed E-state index contributed by atoms with van der Waals surface area (Å²) in [7, 11) is 1.82. The van der Waals surface area contributed by atoms with Gasteiger partial charge < -0.3 is 4.90 Å². The SMILES string of the molecule is CN1CCN(CC(C#N)c2ccccc2)CC1=O. The van der Waals surface area contributed by atoms with Crippen molar-refractivity contribution in [1.29, 1.82) is 5.26 Å². The molecule has 1 atom stereocenters. The maximum Gasteiger partial charge on any atom is 0.236 e. The van der Waals surface area contributed by atoms with Crippen molar-refractivity contribution in [1.82, 2.24) is 9.80 Å². The topological polar surface area (TPSA) is 47.3 Å². The molecule has 0 saturated carbocycles. The zero-order chi connectivity index (χ0) is 13.0. The van der Waals surface area contributed by atoms with Crippen LogP contribution in [0.3, 0.4) is 0 Å². The fraction of sp³-hybridized carbons (Fsp3) is 0.429. The minimum Gasteiger partial charge on any atom is -0.343 e. The monoisotopic (exact) mass is 243 g/mol. The maximum atomic E-state index is 11.6. The minimum absolute atomic E-state index is 0.131. The number of hydrogen-bond donors (Lipinski definition) is 0. The lowest BCUT2D eigenvalue weighted by Gasteiger charge is -2.32. The van der Waals surface area contributed by atoms with Crippen LogP contribution in [0, 0.1) is 11.3 Å². The normalized spacial score (nSPS) is 18.4. The van der Waals surface area contributed by atoms with Crippen molar-refractivity contribution in [2.45, 2.75) is 5.92 Å². The number of nitrogens with zero attached hydrogens (tertiary/aromatic N) is 3. The van der Waals surface area contributed by atoms with Crippen molar-refractivity contribution in [2.75, 3.05) is 33.2 Å². The summed E-state index contributed by atoms with van der Waals surface area (Å²) in [4.78, 5) is 15.4. The van der Waals surface area contributed by atoms with Gasteiger partial charge in [0.15, 0.2) is 0 Å². The van der Waals surface area contributed by atoms with E-state index in [-0.39, 0.29) is 11.8 Å². The Hall–Kier alpha value is -1.86. The summed E-state index contributed by atoms with van der Waals surface area (Å²) < 4.78 is 0. The minimum atomic E-state index is -0.164. The van der Waals surface area contributed by atoms with Crippen molar-refractivity contribution in [3.63, 3.8) is 0 Å². The first-order valence-corrected chi connectivity index (χ1v) is 6.11. The van der Waals surface area contributed by atoms with E-state index < -0.39 is 0 Å². The van der Waals surface area contributed by atoms with Gasteiger partial charge in [0.25, 0.3) is 0 Å². The van der Waals surface area contributed by atoms with Crippen LogP contribution in [0.4, 0.5) is 0 Å². The van der Waals surface area contributed by atoms with Gasteiger partial charge in [-0.05, 0) is 5.56 Å². The lowest BCUT2D eigenvalue weighted by atomic mass is 10.00. The molecule has 1 aromatic carbocycles. The molecular weight excluding hydrogens is 226 g/mol. The van der Waals surface area contributed by atoms with Crippen molar-refractivity contribution in [2.24, 2.45) is 0 Å². The standard InChI is InChI=1S/C14H17N3O/c1-16-7-8-17(11-14(16)18)10-13(9-15)12-5-3-2-4-6-12/h2-6,13H,7-8,10-11H2,1H3. The van der Waals surface area contributed by atoms with Crippen LogP contribution < -0.4 is 0 Å². The maximum absolute atomic E-state index is 11.6. The van der Waals surface area contributed by atoms with Crippen molar-refractivity contribution >= 4 is 5.91 Å². The Kier molecular flexibility index (Phi) is 3.96. The molecule has 0 N–H and O–H groups in total. The molecule has 0 bridgehead atoms. The molecule has 0 aliphatic carbocycles. The van der Waals surface area contributed by atoms with Crippen LogP contribution in [0.25, 0.3) is 0 Å². The number of likely N-dealkylation sites (N-methyl/N-ethyl adjacent to an activating group) is 1. The molecule has 0 spiro atoms. The van der Waals surface area contributed by atoms with Crippen LogP contribution >= 0.6 is 0 Å². The molecule has 0 aromatic heterocycles. The zero-order valence-electron chi connectivity index (χ0n) is 10.5. The predicted octanol–water partition coefficient (Wildman–Crippen LogP) is 1.07. The highest BCUT2D eigenvalue weighted by Crippen LogP contribution is 2.17. The van der Waals surface area contributed by atoms with Gasteiger partial charge in [-0.3, -0.25) is 9.69 Å². The van der Waals surface area contributed by atoms with Gasteiger partial charge in [0.05, 0.1) is 18.5 Å². The van der Waals surface area contributed by atoms with E-state index in [1.54, 1.807) is 4.90 Å². The summed E-state index contributed by atoms with van der Waals surface area (Å²) >= 11 is 0. The second-order valence-electron chi connectivity index (χ2n) is 4.64. The van der Waals surface area contributed by atoms with E-state index in [1.807, 2.05) is 37.4 Å². The molecule has 94 valence electrons. The molecule has 1 saturated heterocycles. The zero-order valence-corrected chi connectivity index (χ0v) is 10.5. The first kappa shape index (κ1) is 12.6. The molecule has 2 rings (SSSR count). The number of carbonyl (C=O) groups excluding carboxylic acids is 1. The number of benzene rings is 1. The fourth-order valence-corrected chi connectivity index (χ4v) is 2.13. The van der Waals surface area contributed by atoms with E-state index in [2.05, 4.69) is 11.0 Å². The molecule has 1 aliphatic rings. The lowest BCUT2D eigenvalue weighted by molar-refractivity contribution is -0.134. The van der Waals surface area contributed by atoms with Gasteiger partial charge >= 0.3 is 0 Å². The third-order valence-electron chi connectivity index (χ3n) is 3.33. The predicted molar refractivity (Wildman–Crippen MR) is 68.9 cm³/mol. The quantitative estimate of drug-likeness (QED) is 0.797. The summed E-state index contributed by atoms with van der Waals surface area (Å²) in [5.41, 5.74) is 1.02. The summed E-state index contributed by atoms with van der Waals surface area (Å²) in [6, 6.07) is 12.1. The van der Waals surface area contributed by atoms with Crippen molar-refractivity contribution in [3.05, 3.63) is 35.9 Å². The lowest BCUT2D eigenvalue weighted by Crippen LogP contribution is -2.49.